The van der Waals surface area contributed by atoms with E-state index >= 15 is 0 Å². The number of benzene rings is 2. The van der Waals surface area contributed by atoms with Crippen molar-refractivity contribution in [3.63, 3.8) is 0 Å². The molecule has 7 heteroatoms. The highest BCUT2D eigenvalue weighted by atomic mass is 79.9. The van der Waals surface area contributed by atoms with E-state index < -0.39 is 5.97 Å². The largest absolute Gasteiger partial charge is 0.422 e. The number of hydrogen-bond donors (Lipinski definition) is 2. The average molecular weight is 392 g/mol. The first-order valence-corrected chi connectivity index (χ1v) is 7.83. The van der Waals surface area contributed by atoms with Crippen LogP contribution >= 0.6 is 28.1 Å². The number of ether oxygens (including phenoxy) is 1. The molecule has 0 amide bonds. The Bertz CT molecular complexity index is 760. The Labute approximate surface area is 147 Å². The molecule has 0 spiro atoms. The number of rotatable bonds is 4. The number of hydrazone groups is 1. The van der Waals surface area contributed by atoms with Crippen LogP contribution in [0.25, 0.3) is 0 Å². The van der Waals surface area contributed by atoms with Gasteiger partial charge in [-0.3, -0.25) is 5.43 Å². The molecular formula is C16H14BrN3O2S. The second kappa shape index (κ2) is 7.85. The fraction of sp³-hybridized carbons (Fsp3) is 0.0625. The zero-order valence-corrected chi connectivity index (χ0v) is 14.6. The van der Waals surface area contributed by atoms with Crippen LogP contribution in [-0.2, 0) is 0 Å². The minimum atomic E-state index is -0.440. The van der Waals surface area contributed by atoms with Crippen molar-refractivity contribution in [1.82, 2.24) is 5.43 Å². The van der Waals surface area contributed by atoms with Crippen LogP contribution in [0.5, 0.6) is 5.75 Å². The first-order chi connectivity index (χ1) is 11.0. The van der Waals surface area contributed by atoms with Crippen LogP contribution in [0, 0.1) is 6.92 Å². The summed E-state index contributed by atoms with van der Waals surface area (Å²) < 4.78 is 6.26. The van der Waals surface area contributed by atoms with Crippen LogP contribution in [0.2, 0.25) is 0 Å². The number of hydrogen-bond acceptors (Lipinski definition) is 4. The Hall–Kier alpha value is -2.25. The number of thiocarbonyl (C=S) groups is 1. The molecule has 2 rings (SSSR count). The van der Waals surface area contributed by atoms with Gasteiger partial charge in [0.1, 0.15) is 5.75 Å². The predicted molar refractivity (Wildman–Crippen MR) is 97.8 cm³/mol. The van der Waals surface area contributed by atoms with Crippen molar-refractivity contribution in [2.45, 2.75) is 6.92 Å². The van der Waals surface area contributed by atoms with Crippen molar-refractivity contribution < 1.29 is 9.53 Å². The lowest BCUT2D eigenvalue weighted by Gasteiger charge is -2.08. The molecule has 3 N–H and O–H groups in total. The van der Waals surface area contributed by atoms with Gasteiger partial charge in [-0.05, 0) is 49.5 Å². The Balaban J connectivity index is 2.21. The second-order valence-corrected chi connectivity index (χ2v) is 6.03. The zero-order valence-electron chi connectivity index (χ0n) is 12.2. The van der Waals surface area contributed by atoms with E-state index in [1.54, 1.807) is 30.3 Å². The van der Waals surface area contributed by atoms with Crippen LogP contribution in [0.15, 0.2) is 52.0 Å². The molecule has 0 aliphatic carbocycles. The number of nitrogens with two attached hydrogens (primary N) is 1. The van der Waals surface area contributed by atoms with Crippen molar-refractivity contribution in [2.24, 2.45) is 10.8 Å². The summed E-state index contributed by atoms with van der Waals surface area (Å²) in [5.41, 5.74) is 9.91. The Morgan fingerprint density at radius 1 is 1.30 bits per heavy atom. The van der Waals surface area contributed by atoms with Gasteiger partial charge in [0.05, 0.1) is 11.8 Å². The molecule has 0 saturated heterocycles. The molecule has 0 atom stereocenters. The van der Waals surface area contributed by atoms with Gasteiger partial charge in [-0.15, -0.1) is 0 Å². The van der Waals surface area contributed by atoms with E-state index in [1.807, 2.05) is 19.1 Å². The van der Waals surface area contributed by atoms with E-state index in [1.165, 1.54) is 6.21 Å². The van der Waals surface area contributed by atoms with Crippen molar-refractivity contribution in [3.8, 4) is 5.75 Å². The third-order valence-corrected chi connectivity index (χ3v) is 3.42. The molecule has 5 nitrogen and oxygen atoms in total. The normalized spacial score (nSPS) is 10.5. The van der Waals surface area contributed by atoms with Gasteiger partial charge in [0.25, 0.3) is 0 Å². The van der Waals surface area contributed by atoms with Gasteiger partial charge < -0.3 is 10.5 Å². The van der Waals surface area contributed by atoms with E-state index in [-0.39, 0.29) is 5.11 Å². The smallest absolute Gasteiger partial charge is 0.343 e. The SMILES string of the molecule is Cc1ccc(C(=O)Oc2ccc(Br)cc2C=NNC(N)=S)cc1. The second-order valence-electron chi connectivity index (χ2n) is 4.67. The average Bonchev–Trinajstić information content (AvgIpc) is 2.50. The monoisotopic (exact) mass is 391 g/mol. The number of nitrogens with one attached hydrogen (secondary N) is 1. The molecule has 2 aromatic rings. The van der Waals surface area contributed by atoms with Gasteiger partial charge in [-0.2, -0.15) is 5.10 Å². The van der Waals surface area contributed by atoms with Crippen LogP contribution in [-0.4, -0.2) is 17.3 Å². The van der Waals surface area contributed by atoms with Gasteiger partial charge in [-0.1, -0.05) is 33.6 Å². The molecule has 0 heterocycles. The first kappa shape index (κ1) is 17.1. The molecule has 0 aromatic heterocycles. The highest BCUT2D eigenvalue weighted by molar-refractivity contribution is 9.10. The van der Waals surface area contributed by atoms with Gasteiger partial charge in [0.15, 0.2) is 5.11 Å². The lowest BCUT2D eigenvalue weighted by molar-refractivity contribution is 0.0734. The summed E-state index contributed by atoms with van der Waals surface area (Å²) >= 11 is 8.04. The summed E-state index contributed by atoms with van der Waals surface area (Å²) in [6, 6.07) is 12.4. The van der Waals surface area contributed by atoms with Crippen LogP contribution in [0.4, 0.5) is 0 Å². The Morgan fingerprint density at radius 3 is 2.65 bits per heavy atom. The number of esters is 1. The summed E-state index contributed by atoms with van der Waals surface area (Å²) in [7, 11) is 0. The van der Waals surface area contributed by atoms with Crippen LogP contribution in [0.1, 0.15) is 21.5 Å². The Morgan fingerprint density at radius 2 is 2.00 bits per heavy atom. The maximum absolute atomic E-state index is 12.2. The highest BCUT2D eigenvalue weighted by Crippen LogP contribution is 2.23. The molecule has 0 unspecified atom stereocenters. The molecule has 0 radical (unpaired) electrons. The van der Waals surface area contributed by atoms with E-state index in [2.05, 4.69) is 38.7 Å². The molecule has 0 saturated carbocycles. The number of nitrogens with zero attached hydrogens (tertiary/aromatic N) is 1. The topological polar surface area (TPSA) is 76.7 Å². The van der Waals surface area contributed by atoms with E-state index in [0.29, 0.717) is 16.9 Å². The lowest BCUT2D eigenvalue weighted by atomic mass is 10.1. The quantitative estimate of drug-likeness (QED) is 0.275. The number of carbonyl (C=O) groups excluding carboxylic acids is 1. The van der Waals surface area contributed by atoms with Crippen molar-refractivity contribution in [2.75, 3.05) is 0 Å². The van der Waals surface area contributed by atoms with E-state index in [0.717, 1.165) is 10.0 Å². The summed E-state index contributed by atoms with van der Waals surface area (Å²) in [6.07, 6.45) is 1.47. The van der Waals surface area contributed by atoms with E-state index in [9.17, 15) is 4.79 Å². The fourth-order valence-corrected chi connectivity index (χ4v) is 2.16. The predicted octanol–water partition coefficient (Wildman–Crippen LogP) is 3.14. The van der Waals surface area contributed by atoms with Crippen molar-refractivity contribution in [1.29, 1.82) is 0 Å². The maximum Gasteiger partial charge on any atom is 0.343 e. The van der Waals surface area contributed by atoms with Crippen molar-refractivity contribution in [3.05, 3.63) is 63.6 Å². The summed E-state index contributed by atoms with van der Waals surface area (Å²) in [5, 5.41) is 3.93. The summed E-state index contributed by atoms with van der Waals surface area (Å²) in [6.45, 7) is 1.95. The first-order valence-electron chi connectivity index (χ1n) is 6.62. The highest BCUT2D eigenvalue weighted by Gasteiger charge is 2.11. The van der Waals surface area contributed by atoms with Crippen LogP contribution in [0.3, 0.4) is 0 Å². The molecule has 0 aliphatic heterocycles. The minimum absolute atomic E-state index is 0.0504. The summed E-state index contributed by atoms with van der Waals surface area (Å²) in [5.74, 6) is -0.0588. The molecular weight excluding hydrogens is 378 g/mol. The zero-order chi connectivity index (χ0) is 16.8. The molecule has 2 aromatic carbocycles. The van der Waals surface area contributed by atoms with Gasteiger partial charge >= 0.3 is 5.97 Å². The van der Waals surface area contributed by atoms with Crippen molar-refractivity contribution >= 4 is 45.4 Å². The molecule has 0 aliphatic rings. The van der Waals surface area contributed by atoms with Gasteiger partial charge in [0, 0.05) is 10.0 Å². The Kier molecular flexibility index (Phi) is 5.84. The van der Waals surface area contributed by atoms with Gasteiger partial charge in [-0.25, -0.2) is 4.79 Å². The lowest BCUT2D eigenvalue weighted by Crippen LogP contribution is -2.24. The fourth-order valence-electron chi connectivity index (χ4n) is 1.73. The minimum Gasteiger partial charge on any atom is -0.422 e. The molecule has 0 fully saturated rings. The molecule has 0 bridgehead atoms. The maximum atomic E-state index is 12.2. The summed E-state index contributed by atoms with van der Waals surface area (Å²) in [4.78, 5) is 12.2. The number of aryl methyl sites for hydroxylation is 1. The third kappa shape index (κ3) is 5.15. The number of carbonyl (C=O) groups is 1. The van der Waals surface area contributed by atoms with Crippen LogP contribution < -0.4 is 15.9 Å². The molecule has 118 valence electrons. The number of halogens is 1. The van der Waals surface area contributed by atoms with Gasteiger partial charge in [0.2, 0.25) is 0 Å². The standard InChI is InChI=1S/C16H14BrN3O2S/c1-10-2-4-11(5-3-10)15(21)22-14-7-6-13(17)8-12(14)9-19-20-16(18)23/h2-9H,1H3,(H3,18,20,23). The van der Waals surface area contributed by atoms with E-state index in [4.69, 9.17) is 10.5 Å². The molecule has 23 heavy (non-hydrogen) atoms. The third-order valence-electron chi connectivity index (χ3n) is 2.84.